The molecule has 0 heterocycles. The minimum Gasteiger partial charge on any atom is -0.465 e. The monoisotopic (exact) mass is 368 g/mol. The van der Waals surface area contributed by atoms with Crippen LogP contribution in [0.4, 0.5) is 0 Å². The Labute approximate surface area is 157 Å². The lowest BCUT2D eigenvalue weighted by Crippen LogP contribution is -2.35. The summed E-state index contributed by atoms with van der Waals surface area (Å²) in [5.74, 6) is -4.97. The SMILES string of the molecule is CCOC(=O)C(C(=O)OCC)C(=O)c1ccccc1C(=O)c1ccccc1. The van der Waals surface area contributed by atoms with Crippen LogP contribution in [0.25, 0.3) is 0 Å². The molecule has 0 spiro atoms. The number of rotatable bonds is 8. The summed E-state index contributed by atoms with van der Waals surface area (Å²) >= 11 is 0. The zero-order valence-electron chi connectivity index (χ0n) is 15.1. The maximum atomic E-state index is 13.0. The fourth-order valence-corrected chi connectivity index (χ4v) is 2.56. The Balaban J connectivity index is 2.46. The number of ether oxygens (including phenoxy) is 2. The van der Waals surface area contributed by atoms with E-state index in [1.165, 1.54) is 12.1 Å². The van der Waals surface area contributed by atoms with Gasteiger partial charge in [0, 0.05) is 16.7 Å². The molecule has 2 rings (SSSR count). The highest BCUT2D eigenvalue weighted by Gasteiger charge is 2.38. The van der Waals surface area contributed by atoms with Gasteiger partial charge in [0.2, 0.25) is 5.92 Å². The van der Waals surface area contributed by atoms with Gasteiger partial charge < -0.3 is 9.47 Å². The normalized spacial score (nSPS) is 10.3. The molecule has 0 aliphatic carbocycles. The molecular formula is C21H20O6. The number of benzene rings is 2. The van der Waals surface area contributed by atoms with Gasteiger partial charge in [-0.05, 0) is 13.8 Å². The average Bonchev–Trinajstić information content (AvgIpc) is 2.68. The van der Waals surface area contributed by atoms with Gasteiger partial charge in [-0.1, -0.05) is 54.6 Å². The molecule has 0 fully saturated rings. The Kier molecular flexibility index (Phi) is 7.00. The minimum absolute atomic E-state index is 0.00656. The number of hydrogen-bond donors (Lipinski definition) is 0. The standard InChI is InChI=1S/C21H20O6/c1-3-26-20(24)17(21(25)27-4-2)19(23)16-13-9-8-12-15(16)18(22)14-10-6-5-7-11-14/h5-13,17H,3-4H2,1-2H3. The van der Waals surface area contributed by atoms with Gasteiger partial charge in [0.25, 0.3) is 0 Å². The van der Waals surface area contributed by atoms with E-state index in [-0.39, 0.29) is 30.1 Å². The minimum atomic E-state index is -1.77. The molecule has 6 nitrogen and oxygen atoms in total. The Hall–Kier alpha value is -3.28. The van der Waals surface area contributed by atoms with Gasteiger partial charge in [-0.2, -0.15) is 0 Å². The molecule has 2 aromatic rings. The maximum Gasteiger partial charge on any atom is 0.328 e. The first-order valence-corrected chi connectivity index (χ1v) is 8.57. The van der Waals surface area contributed by atoms with Crippen LogP contribution in [0.2, 0.25) is 0 Å². The van der Waals surface area contributed by atoms with Crippen molar-refractivity contribution in [3.8, 4) is 0 Å². The van der Waals surface area contributed by atoms with E-state index in [1.807, 2.05) is 0 Å². The van der Waals surface area contributed by atoms with Crippen molar-refractivity contribution in [1.82, 2.24) is 0 Å². The third-order valence-corrected chi connectivity index (χ3v) is 3.78. The second-order valence-corrected chi connectivity index (χ2v) is 5.54. The number of Topliss-reactive ketones (excluding diaryl/α,β-unsaturated/α-hetero) is 1. The van der Waals surface area contributed by atoms with Gasteiger partial charge in [-0.15, -0.1) is 0 Å². The first-order chi connectivity index (χ1) is 13.0. The Bertz CT molecular complexity index is 823. The molecule has 27 heavy (non-hydrogen) atoms. The first-order valence-electron chi connectivity index (χ1n) is 8.57. The Morgan fingerprint density at radius 1 is 0.741 bits per heavy atom. The molecule has 0 aliphatic heterocycles. The molecule has 0 aromatic heterocycles. The highest BCUT2D eigenvalue weighted by atomic mass is 16.6. The predicted octanol–water partition coefficient (Wildman–Crippen LogP) is 2.84. The number of ketones is 2. The van der Waals surface area contributed by atoms with E-state index >= 15 is 0 Å². The fourth-order valence-electron chi connectivity index (χ4n) is 2.56. The largest absolute Gasteiger partial charge is 0.465 e. The van der Waals surface area contributed by atoms with Gasteiger partial charge in [0.05, 0.1) is 13.2 Å². The Morgan fingerprint density at radius 2 is 1.22 bits per heavy atom. The van der Waals surface area contributed by atoms with Gasteiger partial charge >= 0.3 is 11.9 Å². The number of esters is 2. The average molecular weight is 368 g/mol. The summed E-state index contributed by atoms with van der Waals surface area (Å²) in [5.41, 5.74) is 0.464. The van der Waals surface area contributed by atoms with Gasteiger partial charge in [0.15, 0.2) is 11.6 Å². The maximum absolute atomic E-state index is 13.0. The molecule has 2 aromatic carbocycles. The van der Waals surface area contributed by atoms with Crippen LogP contribution in [-0.2, 0) is 19.1 Å². The molecule has 6 heteroatoms. The lowest BCUT2D eigenvalue weighted by atomic mass is 9.90. The van der Waals surface area contributed by atoms with Crippen LogP contribution in [0.15, 0.2) is 54.6 Å². The molecule has 0 amide bonds. The summed E-state index contributed by atoms with van der Waals surface area (Å²) in [6.07, 6.45) is 0. The van der Waals surface area contributed by atoms with Crippen LogP contribution in [0.3, 0.4) is 0 Å². The molecule has 0 saturated carbocycles. The number of hydrogen-bond acceptors (Lipinski definition) is 6. The van der Waals surface area contributed by atoms with Gasteiger partial charge in [0.1, 0.15) is 0 Å². The van der Waals surface area contributed by atoms with Crippen LogP contribution in [-0.4, -0.2) is 36.7 Å². The quantitative estimate of drug-likeness (QED) is 0.405. The molecule has 0 bridgehead atoms. The molecule has 0 atom stereocenters. The van der Waals surface area contributed by atoms with E-state index in [9.17, 15) is 19.2 Å². The molecule has 140 valence electrons. The van der Waals surface area contributed by atoms with Crippen molar-refractivity contribution in [1.29, 1.82) is 0 Å². The van der Waals surface area contributed by atoms with Crippen LogP contribution in [0.5, 0.6) is 0 Å². The smallest absolute Gasteiger partial charge is 0.328 e. The van der Waals surface area contributed by atoms with E-state index in [1.54, 1.807) is 56.3 Å². The molecular weight excluding hydrogens is 348 g/mol. The van der Waals surface area contributed by atoms with E-state index < -0.39 is 23.6 Å². The summed E-state index contributed by atoms with van der Waals surface area (Å²) in [7, 11) is 0. The Morgan fingerprint density at radius 3 is 1.74 bits per heavy atom. The van der Waals surface area contributed by atoms with Crippen LogP contribution in [0, 0.1) is 5.92 Å². The van der Waals surface area contributed by atoms with Crippen LogP contribution >= 0.6 is 0 Å². The highest BCUT2D eigenvalue weighted by molar-refractivity contribution is 6.24. The molecule has 0 aliphatic rings. The summed E-state index contributed by atoms with van der Waals surface area (Å²) in [4.78, 5) is 50.2. The zero-order chi connectivity index (χ0) is 19.8. The second-order valence-electron chi connectivity index (χ2n) is 5.54. The van der Waals surface area contributed by atoms with E-state index in [4.69, 9.17) is 9.47 Å². The molecule has 0 radical (unpaired) electrons. The lowest BCUT2D eigenvalue weighted by Gasteiger charge is -2.15. The van der Waals surface area contributed by atoms with Crippen LogP contribution < -0.4 is 0 Å². The van der Waals surface area contributed by atoms with E-state index in [0.717, 1.165) is 0 Å². The predicted molar refractivity (Wildman–Crippen MR) is 97.4 cm³/mol. The van der Waals surface area contributed by atoms with Crippen molar-refractivity contribution >= 4 is 23.5 Å². The molecule has 0 unspecified atom stereocenters. The summed E-state index contributed by atoms with van der Waals surface area (Å²) < 4.78 is 9.71. The summed E-state index contributed by atoms with van der Waals surface area (Å²) in [5, 5.41) is 0. The van der Waals surface area contributed by atoms with Crippen molar-refractivity contribution in [2.45, 2.75) is 13.8 Å². The number of carbonyl (C=O) groups is 4. The third kappa shape index (κ3) is 4.67. The fraction of sp³-hybridized carbons (Fsp3) is 0.238. The zero-order valence-corrected chi connectivity index (χ0v) is 15.1. The number of carbonyl (C=O) groups excluding carboxylic acids is 4. The van der Waals surface area contributed by atoms with E-state index in [0.29, 0.717) is 5.56 Å². The van der Waals surface area contributed by atoms with Crippen molar-refractivity contribution in [3.63, 3.8) is 0 Å². The van der Waals surface area contributed by atoms with Gasteiger partial charge in [-0.25, -0.2) is 0 Å². The topological polar surface area (TPSA) is 86.7 Å². The summed E-state index contributed by atoms with van der Waals surface area (Å²) in [6, 6.07) is 14.5. The van der Waals surface area contributed by atoms with Crippen molar-refractivity contribution in [2.24, 2.45) is 5.92 Å². The van der Waals surface area contributed by atoms with Crippen molar-refractivity contribution in [2.75, 3.05) is 13.2 Å². The van der Waals surface area contributed by atoms with Crippen molar-refractivity contribution in [3.05, 3.63) is 71.3 Å². The molecule has 0 N–H and O–H groups in total. The van der Waals surface area contributed by atoms with Crippen molar-refractivity contribution < 1.29 is 28.7 Å². The van der Waals surface area contributed by atoms with E-state index in [2.05, 4.69) is 0 Å². The van der Waals surface area contributed by atoms with Gasteiger partial charge in [-0.3, -0.25) is 19.2 Å². The highest BCUT2D eigenvalue weighted by Crippen LogP contribution is 2.20. The molecule has 0 saturated heterocycles. The third-order valence-electron chi connectivity index (χ3n) is 3.78. The van der Waals surface area contributed by atoms with Crippen LogP contribution in [0.1, 0.15) is 40.1 Å². The lowest BCUT2D eigenvalue weighted by molar-refractivity contribution is -0.158. The second kappa shape index (κ2) is 9.43. The summed E-state index contributed by atoms with van der Waals surface area (Å²) in [6.45, 7) is 3.15. The first kappa shape index (κ1) is 20.0.